The predicted octanol–water partition coefficient (Wildman–Crippen LogP) is 2.16. The van der Waals surface area contributed by atoms with Crippen molar-refractivity contribution in [3.8, 4) is 0 Å². The first-order valence-electron chi connectivity index (χ1n) is 8.10. The van der Waals surface area contributed by atoms with Crippen molar-refractivity contribution in [2.24, 2.45) is 0 Å². The van der Waals surface area contributed by atoms with Gasteiger partial charge in [0.05, 0.1) is 12.1 Å². The molecule has 6 heteroatoms. The van der Waals surface area contributed by atoms with Crippen molar-refractivity contribution in [3.05, 3.63) is 38.9 Å². The Morgan fingerprint density at radius 3 is 3.00 bits per heavy atom. The third-order valence-electron chi connectivity index (χ3n) is 5.08. The van der Waals surface area contributed by atoms with Crippen LogP contribution < -0.4 is 0 Å². The van der Waals surface area contributed by atoms with Gasteiger partial charge in [-0.1, -0.05) is 5.16 Å². The number of carbonyl (C=O) groups is 1. The van der Waals surface area contributed by atoms with Crippen LogP contribution in [0.5, 0.6) is 0 Å². The highest BCUT2D eigenvalue weighted by molar-refractivity contribution is 7.10. The number of fused-ring (bicyclic) bond motifs is 1. The molecule has 0 spiro atoms. The van der Waals surface area contributed by atoms with Gasteiger partial charge in [-0.3, -0.25) is 9.69 Å². The van der Waals surface area contributed by atoms with Gasteiger partial charge in [-0.05, 0) is 37.3 Å². The Hall–Kier alpha value is -1.66. The zero-order valence-corrected chi connectivity index (χ0v) is 14.4. The summed E-state index contributed by atoms with van der Waals surface area (Å²) in [6.45, 7) is 7.61. The van der Waals surface area contributed by atoms with E-state index in [-0.39, 0.29) is 5.91 Å². The summed E-state index contributed by atoms with van der Waals surface area (Å²) in [7, 11) is 0. The van der Waals surface area contributed by atoms with Gasteiger partial charge in [0.15, 0.2) is 0 Å². The van der Waals surface area contributed by atoms with Crippen LogP contribution >= 0.6 is 11.3 Å². The van der Waals surface area contributed by atoms with Gasteiger partial charge in [-0.25, -0.2) is 0 Å². The molecule has 0 aromatic carbocycles. The smallest absolute Gasteiger partial charge is 0.227 e. The first kappa shape index (κ1) is 14.9. The summed E-state index contributed by atoms with van der Waals surface area (Å²) in [5, 5.41) is 6.11. The molecular formula is C17H21N3O2S. The normalized spacial score (nSPS) is 18.8. The van der Waals surface area contributed by atoms with Crippen LogP contribution in [0.15, 0.2) is 16.0 Å². The molecule has 0 atom stereocenters. The number of aryl methyl sites for hydroxylation is 2. The number of likely N-dealkylation sites (tertiary alicyclic amines) is 1. The van der Waals surface area contributed by atoms with E-state index in [1.807, 2.05) is 30.1 Å². The molecular weight excluding hydrogens is 310 g/mol. The second-order valence-corrected chi connectivity index (χ2v) is 7.52. The van der Waals surface area contributed by atoms with Crippen LogP contribution in [0.1, 0.15) is 27.5 Å². The second-order valence-electron chi connectivity index (χ2n) is 6.52. The first-order valence-corrected chi connectivity index (χ1v) is 8.98. The number of amides is 1. The minimum absolute atomic E-state index is 0.184. The van der Waals surface area contributed by atoms with Crippen molar-refractivity contribution in [2.45, 2.75) is 39.3 Å². The number of rotatable bonds is 3. The van der Waals surface area contributed by atoms with E-state index in [1.54, 1.807) is 0 Å². The standard InChI is InChI=1S/C17H21N3O2S/c1-11-15(12(2)22-18-11)7-17(21)20-9-14(10-20)19-5-3-16-13(8-19)4-6-23-16/h4,6,14H,3,5,7-10H2,1-2H3. The number of nitrogens with zero attached hydrogens (tertiary/aromatic N) is 3. The Morgan fingerprint density at radius 1 is 1.43 bits per heavy atom. The average Bonchev–Trinajstić information content (AvgIpc) is 3.07. The fourth-order valence-electron chi connectivity index (χ4n) is 3.49. The van der Waals surface area contributed by atoms with Crippen LogP contribution in [0.3, 0.4) is 0 Å². The van der Waals surface area contributed by atoms with E-state index < -0.39 is 0 Å². The topological polar surface area (TPSA) is 49.6 Å². The van der Waals surface area contributed by atoms with E-state index in [1.165, 1.54) is 10.4 Å². The number of hydrogen-bond donors (Lipinski definition) is 0. The third kappa shape index (κ3) is 2.70. The van der Waals surface area contributed by atoms with Gasteiger partial charge in [0.1, 0.15) is 5.76 Å². The zero-order valence-electron chi connectivity index (χ0n) is 13.5. The van der Waals surface area contributed by atoms with Gasteiger partial charge in [0, 0.05) is 42.7 Å². The molecule has 4 heterocycles. The lowest BCUT2D eigenvalue weighted by atomic mass is 10.0. The van der Waals surface area contributed by atoms with Crippen molar-refractivity contribution < 1.29 is 9.32 Å². The molecule has 1 amide bonds. The predicted molar refractivity (Wildman–Crippen MR) is 88.5 cm³/mol. The van der Waals surface area contributed by atoms with Crippen molar-refractivity contribution in [3.63, 3.8) is 0 Å². The van der Waals surface area contributed by atoms with Gasteiger partial charge < -0.3 is 9.42 Å². The molecule has 23 heavy (non-hydrogen) atoms. The highest BCUT2D eigenvalue weighted by Crippen LogP contribution is 2.28. The van der Waals surface area contributed by atoms with Gasteiger partial charge in [-0.15, -0.1) is 11.3 Å². The molecule has 2 aromatic heterocycles. The molecule has 0 radical (unpaired) electrons. The van der Waals surface area contributed by atoms with Gasteiger partial charge in [0.2, 0.25) is 5.91 Å². The SMILES string of the molecule is Cc1noc(C)c1CC(=O)N1CC(N2CCc3sccc3C2)C1. The van der Waals surface area contributed by atoms with Crippen molar-refractivity contribution in [2.75, 3.05) is 19.6 Å². The second kappa shape index (κ2) is 5.76. The van der Waals surface area contributed by atoms with Crippen molar-refractivity contribution in [1.82, 2.24) is 15.0 Å². The lowest BCUT2D eigenvalue weighted by molar-refractivity contribution is -0.138. The fraction of sp³-hybridized carbons (Fsp3) is 0.529. The molecule has 122 valence electrons. The molecule has 2 aliphatic rings. The summed E-state index contributed by atoms with van der Waals surface area (Å²) in [5.41, 5.74) is 3.25. The third-order valence-corrected chi connectivity index (χ3v) is 6.10. The summed E-state index contributed by atoms with van der Waals surface area (Å²) >= 11 is 1.87. The highest BCUT2D eigenvalue weighted by atomic mass is 32.1. The van der Waals surface area contributed by atoms with Crippen LogP contribution in [0.4, 0.5) is 0 Å². The van der Waals surface area contributed by atoms with Crippen molar-refractivity contribution >= 4 is 17.2 Å². The molecule has 0 unspecified atom stereocenters. The van der Waals surface area contributed by atoms with Crippen LogP contribution in [0, 0.1) is 13.8 Å². The fourth-order valence-corrected chi connectivity index (χ4v) is 4.38. The average molecular weight is 331 g/mol. The maximum atomic E-state index is 12.4. The summed E-state index contributed by atoms with van der Waals surface area (Å²) in [6, 6.07) is 2.75. The Labute approximate surface area is 139 Å². The summed E-state index contributed by atoms with van der Waals surface area (Å²) in [6.07, 6.45) is 1.55. The quantitative estimate of drug-likeness (QED) is 0.865. The van der Waals surface area contributed by atoms with Crippen LogP contribution in [0.25, 0.3) is 0 Å². The maximum absolute atomic E-state index is 12.4. The van der Waals surface area contributed by atoms with E-state index in [4.69, 9.17) is 4.52 Å². The summed E-state index contributed by atoms with van der Waals surface area (Å²) < 4.78 is 5.14. The lowest BCUT2D eigenvalue weighted by Gasteiger charge is -2.46. The highest BCUT2D eigenvalue weighted by Gasteiger charge is 2.36. The molecule has 1 saturated heterocycles. The zero-order chi connectivity index (χ0) is 16.0. The molecule has 0 saturated carbocycles. The molecule has 1 fully saturated rings. The minimum atomic E-state index is 0.184. The van der Waals surface area contributed by atoms with E-state index in [2.05, 4.69) is 21.5 Å². The molecule has 0 bridgehead atoms. The van der Waals surface area contributed by atoms with Crippen LogP contribution in [-0.4, -0.2) is 46.5 Å². The van der Waals surface area contributed by atoms with Crippen LogP contribution in [-0.2, 0) is 24.2 Å². The number of thiophene rings is 1. The van der Waals surface area contributed by atoms with Crippen LogP contribution in [0.2, 0.25) is 0 Å². The first-order chi connectivity index (χ1) is 11.1. The van der Waals surface area contributed by atoms with E-state index >= 15 is 0 Å². The largest absolute Gasteiger partial charge is 0.361 e. The Balaban J connectivity index is 1.32. The molecule has 2 aromatic rings. The minimum Gasteiger partial charge on any atom is -0.361 e. The lowest BCUT2D eigenvalue weighted by Crippen LogP contribution is -2.61. The molecule has 0 N–H and O–H groups in total. The molecule has 4 rings (SSSR count). The van der Waals surface area contributed by atoms with Crippen molar-refractivity contribution in [1.29, 1.82) is 0 Å². The summed E-state index contributed by atoms with van der Waals surface area (Å²) in [5.74, 6) is 0.942. The Morgan fingerprint density at radius 2 is 2.26 bits per heavy atom. The number of aromatic nitrogens is 1. The molecule has 0 aliphatic carbocycles. The molecule has 2 aliphatic heterocycles. The van der Waals surface area contributed by atoms with E-state index in [9.17, 15) is 4.79 Å². The Bertz CT molecular complexity index is 711. The maximum Gasteiger partial charge on any atom is 0.227 e. The summed E-state index contributed by atoms with van der Waals surface area (Å²) in [4.78, 5) is 18.4. The van der Waals surface area contributed by atoms with Gasteiger partial charge in [-0.2, -0.15) is 0 Å². The monoisotopic (exact) mass is 331 g/mol. The number of carbonyl (C=O) groups excluding carboxylic acids is 1. The molecule has 5 nitrogen and oxygen atoms in total. The number of hydrogen-bond acceptors (Lipinski definition) is 5. The van der Waals surface area contributed by atoms with Gasteiger partial charge in [0.25, 0.3) is 0 Å². The Kier molecular flexibility index (Phi) is 3.73. The van der Waals surface area contributed by atoms with E-state index in [0.29, 0.717) is 12.5 Å². The van der Waals surface area contributed by atoms with Gasteiger partial charge >= 0.3 is 0 Å². The van der Waals surface area contributed by atoms with E-state index in [0.717, 1.165) is 49.6 Å².